The lowest BCUT2D eigenvalue weighted by Crippen LogP contribution is -2.36. The molecule has 0 bridgehead atoms. The number of carboxylic acid groups (broad SMARTS) is 1. The summed E-state index contributed by atoms with van der Waals surface area (Å²) in [5.74, 6) is -2.03. The van der Waals surface area contributed by atoms with Crippen LogP contribution in [0.5, 0.6) is 0 Å². The van der Waals surface area contributed by atoms with Crippen LogP contribution in [-0.2, 0) is 9.36 Å². The Kier molecular flexibility index (Phi) is 4.41. The maximum absolute atomic E-state index is 11.7. The van der Waals surface area contributed by atoms with Gasteiger partial charge >= 0.3 is 13.6 Å². The zero-order valence-electron chi connectivity index (χ0n) is 8.52. The van der Waals surface area contributed by atoms with Crippen molar-refractivity contribution in [1.82, 2.24) is 4.90 Å². The van der Waals surface area contributed by atoms with Gasteiger partial charge in [0.05, 0.1) is 4.88 Å². The van der Waals surface area contributed by atoms with Crippen molar-refractivity contribution in [3.63, 3.8) is 0 Å². The smallest absolute Gasteiger partial charge is 0.344 e. The maximum Gasteiger partial charge on any atom is 0.344 e. The molecule has 17 heavy (non-hydrogen) atoms. The summed E-state index contributed by atoms with van der Waals surface area (Å²) in [7, 11) is -4.49. The molecule has 0 saturated carbocycles. The third-order valence-electron chi connectivity index (χ3n) is 1.70. The number of nitrogens with zero attached hydrogens (tertiary/aromatic N) is 1. The van der Waals surface area contributed by atoms with Crippen molar-refractivity contribution in [3.05, 3.63) is 22.4 Å². The van der Waals surface area contributed by atoms with Crippen LogP contribution in [0.25, 0.3) is 0 Å². The second-order valence-electron chi connectivity index (χ2n) is 3.18. The van der Waals surface area contributed by atoms with E-state index in [0.29, 0.717) is 4.90 Å². The van der Waals surface area contributed by atoms with Crippen LogP contribution < -0.4 is 0 Å². The Morgan fingerprint density at radius 2 is 2.06 bits per heavy atom. The molecule has 0 aromatic carbocycles. The van der Waals surface area contributed by atoms with Crippen LogP contribution >= 0.6 is 18.9 Å². The highest BCUT2D eigenvalue weighted by atomic mass is 32.1. The molecule has 94 valence electrons. The number of hydrogen-bond donors (Lipinski definition) is 3. The van der Waals surface area contributed by atoms with E-state index in [0.717, 1.165) is 11.3 Å². The van der Waals surface area contributed by atoms with E-state index < -0.39 is 32.3 Å². The molecular formula is C8H10NO6PS. The van der Waals surface area contributed by atoms with Crippen molar-refractivity contribution < 1.29 is 29.0 Å². The number of carbonyl (C=O) groups is 2. The van der Waals surface area contributed by atoms with Crippen LogP contribution in [-0.4, -0.2) is 44.5 Å². The highest BCUT2D eigenvalue weighted by molar-refractivity contribution is 7.51. The van der Waals surface area contributed by atoms with Crippen molar-refractivity contribution in [2.75, 3.05) is 12.8 Å². The Morgan fingerprint density at radius 3 is 2.47 bits per heavy atom. The third-order valence-corrected chi connectivity index (χ3v) is 3.27. The molecule has 0 unspecified atom stereocenters. The van der Waals surface area contributed by atoms with E-state index in [-0.39, 0.29) is 4.88 Å². The largest absolute Gasteiger partial charge is 0.480 e. The molecule has 0 radical (unpaired) electrons. The molecule has 0 saturated heterocycles. The molecular weight excluding hydrogens is 269 g/mol. The fourth-order valence-corrected chi connectivity index (χ4v) is 2.49. The fraction of sp³-hybridized carbons (Fsp3) is 0.250. The quantitative estimate of drug-likeness (QED) is 0.672. The van der Waals surface area contributed by atoms with Crippen LogP contribution in [0.3, 0.4) is 0 Å². The van der Waals surface area contributed by atoms with Gasteiger partial charge in [0.2, 0.25) is 0 Å². The summed E-state index contributed by atoms with van der Waals surface area (Å²) >= 11 is 1.08. The van der Waals surface area contributed by atoms with Gasteiger partial charge in [0.15, 0.2) is 0 Å². The first kappa shape index (κ1) is 13.9. The highest BCUT2D eigenvalue weighted by Crippen LogP contribution is 2.35. The summed E-state index contributed by atoms with van der Waals surface area (Å²) in [6.07, 6.45) is -0.907. The summed E-state index contributed by atoms with van der Waals surface area (Å²) in [5, 5.41) is 10.2. The van der Waals surface area contributed by atoms with Gasteiger partial charge in [-0.15, -0.1) is 11.3 Å². The SMILES string of the molecule is O=C(O)CN(CP(=O)(O)O)C(=O)c1cccs1. The monoisotopic (exact) mass is 279 g/mol. The van der Waals surface area contributed by atoms with Crippen LogP contribution in [0.4, 0.5) is 0 Å². The number of carboxylic acids is 1. The van der Waals surface area contributed by atoms with Gasteiger partial charge in [-0.25, -0.2) is 0 Å². The zero-order valence-corrected chi connectivity index (χ0v) is 10.2. The summed E-state index contributed by atoms with van der Waals surface area (Å²) in [4.78, 5) is 40.7. The number of amides is 1. The minimum absolute atomic E-state index is 0.236. The van der Waals surface area contributed by atoms with Crippen molar-refractivity contribution in [3.8, 4) is 0 Å². The lowest BCUT2D eigenvalue weighted by molar-refractivity contribution is -0.137. The third kappa shape index (κ3) is 4.66. The highest BCUT2D eigenvalue weighted by Gasteiger charge is 2.26. The molecule has 0 fully saturated rings. The summed E-state index contributed by atoms with van der Waals surface area (Å²) in [5.41, 5.74) is 0. The standard InChI is InChI=1S/C8H10NO6PS/c10-7(11)4-9(5-16(13,14)15)8(12)6-2-1-3-17-6/h1-3H,4-5H2,(H,10,11)(H2,13,14,15). The topological polar surface area (TPSA) is 115 Å². The van der Waals surface area contributed by atoms with E-state index in [1.54, 1.807) is 11.4 Å². The average Bonchev–Trinajstić information content (AvgIpc) is 2.65. The van der Waals surface area contributed by atoms with E-state index in [1.165, 1.54) is 6.07 Å². The van der Waals surface area contributed by atoms with E-state index in [4.69, 9.17) is 14.9 Å². The molecule has 1 amide bonds. The van der Waals surface area contributed by atoms with Crippen LogP contribution in [0.2, 0.25) is 0 Å². The van der Waals surface area contributed by atoms with Crippen LogP contribution in [0, 0.1) is 0 Å². The number of aliphatic carboxylic acids is 1. The normalized spacial score (nSPS) is 11.2. The predicted molar refractivity (Wildman–Crippen MR) is 59.9 cm³/mol. The van der Waals surface area contributed by atoms with Gasteiger partial charge in [-0.3, -0.25) is 14.2 Å². The molecule has 1 aromatic rings. The Labute approximate surface area is 100 Å². The maximum atomic E-state index is 11.7. The summed E-state index contributed by atoms with van der Waals surface area (Å²) in [6.45, 7) is -0.748. The first-order valence-electron chi connectivity index (χ1n) is 4.39. The van der Waals surface area contributed by atoms with Gasteiger partial charge in [-0.2, -0.15) is 0 Å². The molecule has 9 heteroatoms. The van der Waals surface area contributed by atoms with E-state index in [2.05, 4.69) is 0 Å². The number of hydrogen-bond acceptors (Lipinski definition) is 4. The Balaban J connectivity index is 2.86. The first-order chi connectivity index (χ1) is 7.79. The van der Waals surface area contributed by atoms with Crippen LogP contribution in [0.1, 0.15) is 9.67 Å². The molecule has 7 nitrogen and oxygen atoms in total. The molecule has 0 aliphatic carbocycles. The first-order valence-corrected chi connectivity index (χ1v) is 7.06. The molecule has 0 aliphatic rings. The summed E-state index contributed by atoms with van der Waals surface area (Å²) in [6, 6.07) is 3.05. The molecule has 0 aliphatic heterocycles. The van der Waals surface area contributed by atoms with Crippen molar-refractivity contribution in [2.24, 2.45) is 0 Å². The Morgan fingerprint density at radius 1 is 1.41 bits per heavy atom. The minimum Gasteiger partial charge on any atom is -0.480 e. The van der Waals surface area contributed by atoms with Gasteiger partial charge in [-0.1, -0.05) is 6.07 Å². The Bertz CT molecular complexity index is 453. The number of carbonyl (C=O) groups excluding carboxylic acids is 1. The van der Waals surface area contributed by atoms with Gasteiger partial charge in [0.1, 0.15) is 12.8 Å². The van der Waals surface area contributed by atoms with Crippen LogP contribution in [0.15, 0.2) is 17.5 Å². The van der Waals surface area contributed by atoms with Gasteiger partial charge in [-0.05, 0) is 11.4 Å². The predicted octanol–water partition coefficient (Wildman–Crippen LogP) is 0.410. The van der Waals surface area contributed by atoms with Gasteiger partial charge in [0, 0.05) is 0 Å². The molecule has 0 spiro atoms. The molecule has 1 heterocycles. The van der Waals surface area contributed by atoms with Crippen molar-refractivity contribution in [1.29, 1.82) is 0 Å². The molecule has 3 N–H and O–H groups in total. The Hall–Kier alpha value is -1.21. The van der Waals surface area contributed by atoms with E-state index >= 15 is 0 Å². The summed E-state index contributed by atoms with van der Waals surface area (Å²) < 4.78 is 10.8. The lowest BCUT2D eigenvalue weighted by atomic mass is 10.4. The molecule has 1 rings (SSSR count). The lowest BCUT2D eigenvalue weighted by Gasteiger charge is -2.20. The number of thiophene rings is 1. The van der Waals surface area contributed by atoms with Gasteiger partial charge < -0.3 is 19.8 Å². The average molecular weight is 279 g/mol. The van der Waals surface area contributed by atoms with Crippen molar-refractivity contribution >= 4 is 30.8 Å². The zero-order chi connectivity index (χ0) is 13.1. The number of rotatable bonds is 5. The second-order valence-corrected chi connectivity index (χ2v) is 5.74. The minimum atomic E-state index is -4.49. The van der Waals surface area contributed by atoms with Crippen molar-refractivity contribution in [2.45, 2.75) is 0 Å². The van der Waals surface area contributed by atoms with Gasteiger partial charge in [0.25, 0.3) is 5.91 Å². The van der Waals surface area contributed by atoms with E-state index in [9.17, 15) is 14.2 Å². The van der Waals surface area contributed by atoms with E-state index in [1.807, 2.05) is 0 Å². The molecule has 1 aromatic heterocycles. The second kappa shape index (κ2) is 5.42. The molecule has 0 atom stereocenters. The fourth-order valence-electron chi connectivity index (χ4n) is 1.13.